The van der Waals surface area contributed by atoms with Crippen molar-refractivity contribution in [1.29, 1.82) is 0 Å². The Morgan fingerprint density at radius 1 is 1.48 bits per heavy atom. The van der Waals surface area contributed by atoms with Gasteiger partial charge in [0.25, 0.3) is 0 Å². The highest BCUT2D eigenvalue weighted by molar-refractivity contribution is 9.10. The van der Waals surface area contributed by atoms with Gasteiger partial charge in [0.15, 0.2) is 0 Å². The summed E-state index contributed by atoms with van der Waals surface area (Å²) in [5.74, 6) is 0. The average Bonchev–Trinajstić information content (AvgIpc) is 3.02. The third-order valence-electron chi connectivity index (χ3n) is 3.46. The molecule has 5 nitrogen and oxygen atoms in total. The highest BCUT2D eigenvalue weighted by atomic mass is 79.9. The molecule has 6 heteroatoms. The molecule has 0 spiro atoms. The van der Waals surface area contributed by atoms with E-state index in [1.54, 1.807) is 12.4 Å². The summed E-state index contributed by atoms with van der Waals surface area (Å²) >= 11 is 3.50. The quantitative estimate of drug-likeness (QED) is 0.835. The van der Waals surface area contributed by atoms with Gasteiger partial charge in [-0.05, 0) is 41.0 Å². The van der Waals surface area contributed by atoms with E-state index in [1.165, 1.54) is 6.20 Å². The first-order valence-corrected chi connectivity index (χ1v) is 7.64. The van der Waals surface area contributed by atoms with Gasteiger partial charge in [-0.25, -0.2) is 4.98 Å². The fourth-order valence-corrected chi connectivity index (χ4v) is 2.73. The minimum absolute atomic E-state index is 0.320. The van der Waals surface area contributed by atoms with Crippen LogP contribution in [0.25, 0.3) is 16.6 Å². The topological polar surface area (TPSA) is 76.2 Å². The molecule has 1 aromatic heterocycles. The van der Waals surface area contributed by atoms with E-state index in [0.29, 0.717) is 6.04 Å². The number of halogens is 1. The number of nitrogens with zero attached hydrogens (tertiary/aromatic N) is 3. The van der Waals surface area contributed by atoms with Crippen molar-refractivity contribution >= 4 is 38.8 Å². The number of para-hydroxylation sites is 1. The van der Waals surface area contributed by atoms with Gasteiger partial charge in [0.05, 0.1) is 23.4 Å². The normalized spacial score (nSPS) is 19.7. The predicted molar refractivity (Wildman–Crippen MR) is 89.2 cm³/mol. The summed E-state index contributed by atoms with van der Waals surface area (Å²) in [6.07, 6.45) is 6.11. The molecule has 2 heterocycles. The number of allylic oxidation sites excluding steroid dienone is 1. The molecule has 0 bridgehead atoms. The maximum Gasteiger partial charge on any atom is 0.104 e. The highest BCUT2D eigenvalue weighted by Gasteiger charge is 2.12. The first kappa shape index (κ1) is 14.2. The van der Waals surface area contributed by atoms with Crippen LogP contribution in [0.4, 0.5) is 0 Å². The Kier molecular flexibility index (Phi) is 4.26. The zero-order valence-electron chi connectivity index (χ0n) is 11.5. The number of nitrogens with two attached hydrogens (primary N) is 1. The van der Waals surface area contributed by atoms with Crippen molar-refractivity contribution in [1.82, 2.24) is 15.3 Å². The molecule has 1 fully saturated rings. The first-order chi connectivity index (χ1) is 10.3. The standard InChI is InChI=1S/C15H16BrN5/c16-12-2-1-3-13-15(12)21-14(9-20-13)10(6-17)7-19-11-4-5-18-8-11/h1-3,6-7,9,11,18H,4-5,8,17H2. The van der Waals surface area contributed by atoms with Gasteiger partial charge in [0.2, 0.25) is 0 Å². The van der Waals surface area contributed by atoms with Crippen LogP contribution in [0.2, 0.25) is 0 Å². The number of nitrogens with one attached hydrogen (secondary N) is 1. The van der Waals surface area contributed by atoms with Crippen molar-refractivity contribution in [2.45, 2.75) is 12.5 Å². The Bertz CT molecular complexity index is 704. The van der Waals surface area contributed by atoms with Gasteiger partial charge in [-0.2, -0.15) is 0 Å². The molecule has 0 amide bonds. The van der Waals surface area contributed by atoms with Crippen molar-refractivity contribution < 1.29 is 0 Å². The summed E-state index contributed by atoms with van der Waals surface area (Å²) in [5.41, 5.74) is 8.91. The lowest BCUT2D eigenvalue weighted by Gasteiger charge is -2.05. The molecule has 0 saturated carbocycles. The van der Waals surface area contributed by atoms with Gasteiger partial charge in [-0.1, -0.05) is 6.07 Å². The zero-order valence-corrected chi connectivity index (χ0v) is 13.0. The van der Waals surface area contributed by atoms with Crippen molar-refractivity contribution in [3.05, 3.63) is 40.8 Å². The Labute approximate surface area is 131 Å². The van der Waals surface area contributed by atoms with Crippen molar-refractivity contribution in [2.24, 2.45) is 10.7 Å². The average molecular weight is 346 g/mol. The van der Waals surface area contributed by atoms with E-state index in [9.17, 15) is 0 Å². The van der Waals surface area contributed by atoms with Gasteiger partial charge in [-0.3, -0.25) is 9.98 Å². The molecule has 21 heavy (non-hydrogen) atoms. The van der Waals surface area contributed by atoms with Crippen LogP contribution in [0.3, 0.4) is 0 Å². The fraction of sp³-hybridized carbons (Fsp3) is 0.267. The molecular weight excluding hydrogens is 330 g/mol. The summed E-state index contributed by atoms with van der Waals surface area (Å²) in [7, 11) is 0. The van der Waals surface area contributed by atoms with E-state index in [4.69, 9.17) is 5.73 Å². The maximum absolute atomic E-state index is 5.72. The molecule has 1 aromatic carbocycles. The largest absolute Gasteiger partial charge is 0.404 e. The lowest BCUT2D eigenvalue weighted by atomic mass is 10.2. The Hall–Kier alpha value is -1.79. The van der Waals surface area contributed by atoms with Crippen LogP contribution in [-0.4, -0.2) is 35.3 Å². The molecule has 108 valence electrons. The second-order valence-corrected chi connectivity index (χ2v) is 5.76. The van der Waals surface area contributed by atoms with Gasteiger partial charge < -0.3 is 11.1 Å². The molecule has 3 rings (SSSR count). The smallest absolute Gasteiger partial charge is 0.104 e. The SMILES string of the molecule is NC=C(C=NC1CCNC1)c1cnc2cccc(Br)c2n1. The molecule has 1 saturated heterocycles. The van der Waals surface area contributed by atoms with Crippen LogP contribution in [0.1, 0.15) is 12.1 Å². The van der Waals surface area contributed by atoms with Crippen molar-refractivity contribution in [2.75, 3.05) is 13.1 Å². The summed E-state index contributed by atoms with van der Waals surface area (Å²) in [6, 6.07) is 6.14. The lowest BCUT2D eigenvalue weighted by Crippen LogP contribution is -2.11. The van der Waals surface area contributed by atoms with Crippen molar-refractivity contribution in [3.8, 4) is 0 Å². The van der Waals surface area contributed by atoms with Gasteiger partial charge in [0, 0.05) is 29.0 Å². The molecule has 1 aliphatic rings. The number of hydrogen-bond donors (Lipinski definition) is 2. The van der Waals surface area contributed by atoms with E-state index in [0.717, 1.165) is 46.3 Å². The van der Waals surface area contributed by atoms with Crippen LogP contribution >= 0.6 is 15.9 Å². The summed E-state index contributed by atoms with van der Waals surface area (Å²) < 4.78 is 0.919. The number of benzene rings is 1. The predicted octanol–water partition coefficient (Wildman–Crippen LogP) is 2.12. The van der Waals surface area contributed by atoms with Crippen LogP contribution in [0.15, 0.2) is 40.1 Å². The van der Waals surface area contributed by atoms with E-state index < -0.39 is 0 Å². The minimum atomic E-state index is 0.320. The molecular formula is C15H16BrN5. The number of rotatable bonds is 3. The van der Waals surface area contributed by atoms with Crippen LogP contribution in [-0.2, 0) is 0 Å². The second kappa shape index (κ2) is 6.32. The zero-order chi connectivity index (χ0) is 14.7. The molecule has 3 N–H and O–H groups in total. The number of fused-ring (bicyclic) bond motifs is 1. The number of aromatic nitrogens is 2. The van der Waals surface area contributed by atoms with Crippen LogP contribution in [0.5, 0.6) is 0 Å². The van der Waals surface area contributed by atoms with E-state index in [-0.39, 0.29) is 0 Å². The second-order valence-electron chi connectivity index (χ2n) is 4.91. The Morgan fingerprint density at radius 2 is 2.38 bits per heavy atom. The lowest BCUT2D eigenvalue weighted by molar-refractivity contribution is 0.748. The molecule has 0 aliphatic carbocycles. The monoisotopic (exact) mass is 345 g/mol. The van der Waals surface area contributed by atoms with Crippen LogP contribution in [0, 0.1) is 0 Å². The highest BCUT2D eigenvalue weighted by Crippen LogP contribution is 2.22. The minimum Gasteiger partial charge on any atom is -0.404 e. The third-order valence-corrected chi connectivity index (χ3v) is 4.10. The fourth-order valence-electron chi connectivity index (χ4n) is 2.28. The van der Waals surface area contributed by atoms with Gasteiger partial charge in [-0.15, -0.1) is 0 Å². The molecule has 1 atom stereocenters. The van der Waals surface area contributed by atoms with Crippen molar-refractivity contribution in [3.63, 3.8) is 0 Å². The summed E-state index contributed by atoms with van der Waals surface area (Å²) in [6.45, 7) is 1.94. The molecule has 2 aromatic rings. The van der Waals surface area contributed by atoms with E-state index in [2.05, 4.69) is 36.2 Å². The number of hydrogen-bond acceptors (Lipinski definition) is 5. The van der Waals surface area contributed by atoms with E-state index in [1.807, 2.05) is 18.2 Å². The number of aliphatic imine (C=N–C) groups is 1. The third kappa shape index (κ3) is 3.11. The van der Waals surface area contributed by atoms with E-state index >= 15 is 0 Å². The Morgan fingerprint density at radius 3 is 3.14 bits per heavy atom. The molecule has 1 aliphatic heterocycles. The van der Waals surface area contributed by atoms with Gasteiger partial charge >= 0.3 is 0 Å². The molecule has 0 radical (unpaired) electrons. The Balaban J connectivity index is 1.92. The summed E-state index contributed by atoms with van der Waals surface area (Å²) in [5, 5.41) is 3.29. The first-order valence-electron chi connectivity index (χ1n) is 6.85. The summed E-state index contributed by atoms with van der Waals surface area (Å²) in [4.78, 5) is 13.6. The molecule has 1 unspecified atom stereocenters. The van der Waals surface area contributed by atoms with Gasteiger partial charge in [0.1, 0.15) is 5.52 Å². The maximum atomic E-state index is 5.72. The van der Waals surface area contributed by atoms with Crippen LogP contribution < -0.4 is 11.1 Å².